The summed E-state index contributed by atoms with van der Waals surface area (Å²) in [7, 11) is 0. The molecule has 0 aliphatic heterocycles. The number of rotatable bonds is 6. The summed E-state index contributed by atoms with van der Waals surface area (Å²) >= 11 is 0. The summed E-state index contributed by atoms with van der Waals surface area (Å²) in [6, 6.07) is 0. The maximum atomic E-state index is 8.58. The van der Waals surface area contributed by atoms with Crippen LogP contribution >= 0.6 is 0 Å². The molecule has 0 aliphatic rings. The Morgan fingerprint density at radius 2 is 1.85 bits per heavy atom. The van der Waals surface area contributed by atoms with Gasteiger partial charge in [-0.05, 0) is 37.3 Å². The van der Waals surface area contributed by atoms with Crippen molar-refractivity contribution in [2.75, 3.05) is 19.7 Å². The molecule has 0 saturated carbocycles. The van der Waals surface area contributed by atoms with Crippen LogP contribution in [0.15, 0.2) is 0 Å². The minimum Gasteiger partial charge on any atom is -0.396 e. The second kappa shape index (κ2) is 6.39. The van der Waals surface area contributed by atoms with Gasteiger partial charge in [0, 0.05) is 6.61 Å². The predicted molar refractivity (Wildman–Crippen MR) is 57.8 cm³/mol. The number of hydrogen-bond donors (Lipinski definition) is 2. The zero-order chi connectivity index (χ0) is 10.3. The van der Waals surface area contributed by atoms with E-state index in [9.17, 15) is 0 Å². The Morgan fingerprint density at radius 1 is 1.23 bits per heavy atom. The van der Waals surface area contributed by atoms with Crippen LogP contribution in [0.1, 0.15) is 40.5 Å². The van der Waals surface area contributed by atoms with Crippen LogP contribution in [0, 0.1) is 11.3 Å². The van der Waals surface area contributed by atoms with Gasteiger partial charge in [0.1, 0.15) is 0 Å². The molecule has 2 N–H and O–H groups in total. The van der Waals surface area contributed by atoms with Crippen LogP contribution in [0.2, 0.25) is 0 Å². The van der Waals surface area contributed by atoms with Crippen molar-refractivity contribution >= 4 is 0 Å². The summed E-state index contributed by atoms with van der Waals surface area (Å²) in [4.78, 5) is 0. The molecule has 80 valence electrons. The molecule has 2 nitrogen and oxygen atoms in total. The number of aliphatic hydroxyl groups is 1. The molecule has 0 saturated heterocycles. The van der Waals surface area contributed by atoms with Gasteiger partial charge in [0.2, 0.25) is 0 Å². The SMILES string of the molecule is CC(CNCCCCO)C(C)(C)C. The molecule has 0 aliphatic carbocycles. The van der Waals surface area contributed by atoms with E-state index in [1.54, 1.807) is 0 Å². The second-order valence-corrected chi connectivity index (χ2v) is 4.90. The number of hydrogen-bond acceptors (Lipinski definition) is 2. The third-order valence-corrected chi connectivity index (χ3v) is 2.69. The maximum absolute atomic E-state index is 8.58. The minimum atomic E-state index is 0.316. The Balaban J connectivity index is 3.32. The molecule has 0 amide bonds. The summed E-state index contributed by atoms with van der Waals surface area (Å²) in [5.41, 5.74) is 0.393. The van der Waals surface area contributed by atoms with Gasteiger partial charge >= 0.3 is 0 Å². The van der Waals surface area contributed by atoms with Gasteiger partial charge in [-0.25, -0.2) is 0 Å². The fourth-order valence-electron chi connectivity index (χ4n) is 0.987. The lowest BCUT2D eigenvalue weighted by molar-refractivity contribution is 0.249. The van der Waals surface area contributed by atoms with E-state index in [2.05, 4.69) is 33.0 Å². The Kier molecular flexibility index (Phi) is 6.35. The van der Waals surface area contributed by atoms with Gasteiger partial charge in [-0.2, -0.15) is 0 Å². The highest BCUT2D eigenvalue weighted by Crippen LogP contribution is 2.24. The average molecular weight is 187 g/mol. The first-order valence-electron chi connectivity index (χ1n) is 5.30. The fourth-order valence-corrected chi connectivity index (χ4v) is 0.987. The summed E-state index contributed by atoms with van der Waals surface area (Å²) in [6.07, 6.45) is 1.99. The Hall–Kier alpha value is -0.0800. The Morgan fingerprint density at radius 3 is 2.31 bits per heavy atom. The van der Waals surface area contributed by atoms with E-state index < -0.39 is 0 Å². The lowest BCUT2D eigenvalue weighted by Gasteiger charge is -2.27. The molecular weight excluding hydrogens is 162 g/mol. The molecular formula is C11H25NO. The van der Waals surface area contributed by atoms with Crippen LogP contribution in [0.3, 0.4) is 0 Å². The molecule has 0 fully saturated rings. The first-order chi connectivity index (χ1) is 5.98. The molecule has 0 bridgehead atoms. The average Bonchev–Trinajstić information content (AvgIpc) is 2.02. The number of unbranched alkanes of at least 4 members (excludes halogenated alkanes) is 1. The molecule has 1 unspecified atom stereocenters. The van der Waals surface area contributed by atoms with Crippen LogP contribution in [0.25, 0.3) is 0 Å². The highest BCUT2D eigenvalue weighted by molar-refractivity contribution is 4.71. The van der Waals surface area contributed by atoms with Crippen LogP contribution in [0.5, 0.6) is 0 Å². The molecule has 0 aromatic carbocycles. The third kappa shape index (κ3) is 7.03. The molecule has 0 radical (unpaired) electrons. The molecule has 0 heterocycles. The van der Waals surface area contributed by atoms with Gasteiger partial charge < -0.3 is 10.4 Å². The molecule has 0 rings (SSSR count). The topological polar surface area (TPSA) is 32.3 Å². The summed E-state index contributed by atoms with van der Waals surface area (Å²) in [5.74, 6) is 0.696. The zero-order valence-corrected chi connectivity index (χ0v) is 9.56. The quantitative estimate of drug-likeness (QED) is 0.624. The minimum absolute atomic E-state index is 0.316. The normalized spacial score (nSPS) is 14.5. The predicted octanol–water partition coefficient (Wildman–Crippen LogP) is 2.03. The standard InChI is InChI=1S/C11H25NO/c1-10(11(2,3)4)9-12-7-5-6-8-13/h10,12-13H,5-9H2,1-4H3. The highest BCUT2D eigenvalue weighted by atomic mass is 16.2. The lowest BCUT2D eigenvalue weighted by atomic mass is 9.82. The van der Waals surface area contributed by atoms with Gasteiger partial charge in [0.15, 0.2) is 0 Å². The molecule has 0 spiro atoms. The maximum Gasteiger partial charge on any atom is 0.0431 e. The van der Waals surface area contributed by atoms with E-state index in [1.165, 1.54) is 0 Å². The molecule has 0 aromatic heterocycles. The van der Waals surface area contributed by atoms with Crippen LogP contribution in [-0.4, -0.2) is 24.8 Å². The van der Waals surface area contributed by atoms with E-state index in [0.29, 0.717) is 17.9 Å². The second-order valence-electron chi connectivity index (χ2n) is 4.90. The monoisotopic (exact) mass is 187 g/mol. The Bertz CT molecular complexity index is 118. The van der Waals surface area contributed by atoms with Crippen molar-refractivity contribution in [3.05, 3.63) is 0 Å². The number of aliphatic hydroxyl groups excluding tert-OH is 1. The zero-order valence-electron chi connectivity index (χ0n) is 9.56. The van der Waals surface area contributed by atoms with Gasteiger partial charge in [-0.1, -0.05) is 27.7 Å². The van der Waals surface area contributed by atoms with Gasteiger partial charge in [0.25, 0.3) is 0 Å². The van der Waals surface area contributed by atoms with E-state index in [0.717, 1.165) is 25.9 Å². The molecule has 1 atom stereocenters. The summed E-state index contributed by atoms with van der Waals surface area (Å²) in [6.45, 7) is 11.5. The van der Waals surface area contributed by atoms with E-state index in [-0.39, 0.29) is 0 Å². The van der Waals surface area contributed by atoms with Crippen molar-refractivity contribution in [2.45, 2.75) is 40.5 Å². The van der Waals surface area contributed by atoms with Crippen molar-refractivity contribution in [2.24, 2.45) is 11.3 Å². The van der Waals surface area contributed by atoms with Crippen molar-refractivity contribution in [3.8, 4) is 0 Å². The smallest absolute Gasteiger partial charge is 0.0431 e. The fraction of sp³-hybridized carbons (Fsp3) is 1.00. The summed E-state index contributed by atoms with van der Waals surface area (Å²) < 4.78 is 0. The summed E-state index contributed by atoms with van der Waals surface area (Å²) in [5, 5.41) is 12.0. The molecule has 13 heavy (non-hydrogen) atoms. The van der Waals surface area contributed by atoms with Gasteiger partial charge in [-0.15, -0.1) is 0 Å². The van der Waals surface area contributed by atoms with Gasteiger partial charge in [0.05, 0.1) is 0 Å². The number of nitrogens with one attached hydrogen (secondary N) is 1. The van der Waals surface area contributed by atoms with E-state index in [4.69, 9.17) is 5.11 Å². The first kappa shape index (κ1) is 12.9. The van der Waals surface area contributed by atoms with Crippen LogP contribution < -0.4 is 5.32 Å². The van der Waals surface area contributed by atoms with Crippen LogP contribution in [-0.2, 0) is 0 Å². The van der Waals surface area contributed by atoms with Crippen molar-refractivity contribution in [3.63, 3.8) is 0 Å². The molecule has 2 heteroatoms. The van der Waals surface area contributed by atoms with E-state index >= 15 is 0 Å². The van der Waals surface area contributed by atoms with Crippen LogP contribution in [0.4, 0.5) is 0 Å². The molecule has 0 aromatic rings. The van der Waals surface area contributed by atoms with E-state index in [1.807, 2.05) is 0 Å². The van der Waals surface area contributed by atoms with Crippen molar-refractivity contribution in [1.29, 1.82) is 0 Å². The third-order valence-electron chi connectivity index (χ3n) is 2.69. The highest BCUT2D eigenvalue weighted by Gasteiger charge is 2.18. The van der Waals surface area contributed by atoms with Crippen molar-refractivity contribution < 1.29 is 5.11 Å². The first-order valence-corrected chi connectivity index (χ1v) is 5.30. The largest absolute Gasteiger partial charge is 0.396 e. The Labute approximate surface area is 82.7 Å². The van der Waals surface area contributed by atoms with Crippen molar-refractivity contribution in [1.82, 2.24) is 5.32 Å². The lowest BCUT2D eigenvalue weighted by Crippen LogP contribution is -2.30. The van der Waals surface area contributed by atoms with Gasteiger partial charge in [-0.3, -0.25) is 0 Å².